The van der Waals surface area contributed by atoms with Crippen LogP contribution in [0.5, 0.6) is 0 Å². The zero-order valence-electron chi connectivity index (χ0n) is 11.7. The monoisotopic (exact) mass is 298 g/mol. The first-order chi connectivity index (χ1) is 10.2. The number of nitrogens with zero attached hydrogens (tertiary/aromatic N) is 2. The van der Waals surface area contributed by atoms with Crippen molar-refractivity contribution in [3.8, 4) is 0 Å². The molecular weight excluding hydrogens is 280 g/mol. The van der Waals surface area contributed by atoms with Gasteiger partial charge in [-0.15, -0.1) is 0 Å². The highest BCUT2D eigenvalue weighted by Crippen LogP contribution is 2.24. The Hall–Kier alpha value is -2.14. The quantitative estimate of drug-likeness (QED) is 0.850. The molecule has 1 aromatic heterocycles. The van der Waals surface area contributed by atoms with Crippen LogP contribution in [0.3, 0.4) is 0 Å². The van der Waals surface area contributed by atoms with Crippen molar-refractivity contribution < 1.29 is 0 Å². The van der Waals surface area contributed by atoms with Crippen molar-refractivity contribution in [2.24, 2.45) is 5.73 Å². The fourth-order valence-electron chi connectivity index (χ4n) is 2.57. The number of hydrogen-bond donors (Lipinski definition) is 2. The van der Waals surface area contributed by atoms with Crippen LogP contribution in [0.1, 0.15) is 18.4 Å². The van der Waals surface area contributed by atoms with Crippen molar-refractivity contribution in [1.82, 2.24) is 4.98 Å². The Morgan fingerprint density at radius 3 is 2.52 bits per heavy atom. The molecule has 0 atom stereocenters. The minimum absolute atomic E-state index is 0.347. The van der Waals surface area contributed by atoms with E-state index >= 15 is 0 Å². The second-order valence-electron chi connectivity index (χ2n) is 5.13. The van der Waals surface area contributed by atoms with Gasteiger partial charge in [-0.2, -0.15) is 0 Å². The van der Waals surface area contributed by atoms with E-state index in [9.17, 15) is 0 Å². The van der Waals surface area contributed by atoms with Gasteiger partial charge < -0.3 is 16.0 Å². The Kier molecular flexibility index (Phi) is 4.01. The summed E-state index contributed by atoms with van der Waals surface area (Å²) in [7, 11) is 0. The third-order valence-corrected chi connectivity index (χ3v) is 3.89. The van der Waals surface area contributed by atoms with Crippen LogP contribution in [0.25, 0.3) is 0 Å². The van der Waals surface area contributed by atoms with Crippen LogP contribution in [-0.4, -0.2) is 23.1 Å². The lowest BCUT2D eigenvalue weighted by Crippen LogP contribution is -2.17. The van der Waals surface area contributed by atoms with Crippen molar-refractivity contribution in [3.05, 3.63) is 48.2 Å². The summed E-state index contributed by atoms with van der Waals surface area (Å²) in [5.74, 6) is 0.693. The Balaban J connectivity index is 1.77. The van der Waals surface area contributed by atoms with Gasteiger partial charge in [-0.25, -0.2) is 4.98 Å². The third-order valence-electron chi connectivity index (χ3n) is 3.67. The number of nitrogens with one attached hydrogen (secondary N) is 1. The van der Waals surface area contributed by atoms with E-state index in [1.54, 1.807) is 6.20 Å². The molecule has 0 amide bonds. The first-order valence-corrected chi connectivity index (χ1v) is 7.52. The number of rotatable bonds is 4. The Labute approximate surface area is 130 Å². The molecule has 1 fully saturated rings. The maximum Gasteiger partial charge on any atom is 0.140 e. The molecule has 0 spiro atoms. The van der Waals surface area contributed by atoms with Gasteiger partial charge in [0.1, 0.15) is 10.8 Å². The molecule has 0 saturated carbocycles. The highest BCUT2D eigenvalue weighted by Gasteiger charge is 2.12. The number of hydrogen-bond acceptors (Lipinski definition) is 4. The van der Waals surface area contributed by atoms with Gasteiger partial charge in [-0.1, -0.05) is 12.2 Å². The average Bonchev–Trinajstić information content (AvgIpc) is 3.03. The second kappa shape index (κ2) is 6.10. The summed E-state index contributed by atoms with van der Waals surface area (Å²) in [6.07, 6.45) is 4.29. The van der Waals surface area contributed by atoms with E-state index in [0.29, 0.717) is 10.8 Å². The molecule has 1 aliphatic rings. The predicted molar refractivity (Wildman–Crippen MR) is 91.3 cm³/mol. The van der Waals surface area contributed by atoms with Crippen molar-refractivity contribution in [2.45, 2.75) is 12.8 Å². The molecule has 1 saturated heterocycles. The largest absolute Gasteiger partial charge is 0.389 e. The van der Waals surface area contributed by atoms with Gasteiger partial charge in [0.2, 0.25) is 0 Å². The Morgan fingerprint density at radius 2 is 1.86 bits per heavy atom. The lowest BCUT2D eigenvalue weighted by molar-refractivity contribution is 0.949. The van der Waals surface area contributed by atoms with E-state index in [-0.39, 0.29) is 0 Å². The smallest absolute Gasteiger partial charge is 0.140 e. The van der Waals surface area contributed by atoms with Crippen LogP contribution in [0.15, 0.2) is 42.6 Å². The second-order valence-corrected chi connectivity index (χ2v) is 5.57. The van der Waals surface area contributed by atoms with Crippen LogP contribution < -0.4 is 16.0 Å². The lowest BCUT2D eigenvalue weighted by atomic mass is 10.2. The zero-order valence-corrected chi connectivity index (χ0v) is 12.6. The standard InChI is InChI=1S/C16H18N4S/c17-15(21)14-4-3-9-18-16(14)19-12-5-7-13(8-6-12)20-10-1-2-11-20/h3-9H,1-2,10-11H2,(H2,17,21)(H,18,19). The van der Waals surface area contributed by atoms with E-state index in [0.717, 1.165) is 24.3 Å². The summed E-state index contributed by atoms with van der Waals surface area (Å²) >= 11 is 5.05. The zero-order chi connectivity index (χ0) is 14.7. The molecular formula is C16H18N4S. The van der Waals surface area contributed by atoms with Crippen LogP contribution in [0, 0.1) is 0 Å². The van der Waals surface area contributed by atoms with Crippen molar-refractivity contribution in [1.29, 1.82) is 0 Å². The molecule has 3 N–H and O–H groups in total. The highest BCUT2D eigenvalue weighted by molar-refractivity contribution is 7.80. The highest BCUT2D eigenvalue weighted by atomic mass is 32.1. The van der Waals surface area contributed by atoms with Gasteiger partial charge in [-0.3, -0.25) is 0 Å². The number of aromatic nitrogens is 1. The predicted octanol–water partition coefficient (Wildman–Crippen LogP) is 3.06. The summed E-state index contributed by atoms with van der Waals surface area (Å²) in [5, 5.41) is 3.27. The van der Waals surface area contributed by atoms with E-state index in [1.807, 2.05) is 12.1 Å². The number of anilines is 3. The van der Waals surface area contributed by atoms with Crippen molar-refractivity contribution in [3.63, 3.8) is 0 Å². The molecule has 1 aliphatic heterocycles. The maximum atomic E-state index is 5.72. The molecule has 2 heterocycles. The topological polar surface area (TPSA) is 54.2 Å². The first-order valence-electron chi connectivity index (χ1n) is 7.11. The lowest BCUT2D eigenvalue weighted by Gasteiger charge is -2.18. The van der Waals surface area contributed by atoms with E-state index in [1.165, 1.54) is 18.5 Å². The van der Waals surface area contributed by atoms with Gasteiger partial charge in [-0.05, 0) is 49.2 Å². The molecule has 2 aromatic rings. The molecule has 0 radical (unpaired) electrons. The molecule has 3 rings (SSSR count). The molecule has 5 heteroatoms. The third kappa shape index (κ3) is 3.13. The minimum Gasteiger partial charge on any atom is -0.389 e. The van der Waals surface area contributed by atoms with E-state index in [4.69, 9.17) is 18.0 Å². The van der Waals surface area contributed by atoms with Gasteiger partial charge in [0.05, 0.1) is 5.56 Å². The van der Waals surface area contributed by atoms with Crippen LogP contribution in [0.2, 0.25) is 0 Å². The van der Waals surface area contributed by atoms with Crippen molar-refractivity contribution in [2.75, 3.05) is 23.3 Å². The van der Waals surface area contributed by atoms with Gasteiger partial charge in [0.15, 0.2) is 0 Å². The summed E-state index contributed by atoms with van der Waals surface area (Å²) < 4.78 is 0. The first kappa shape index (κ1) is 13.8. The van der Waals surface area contributed by atoms with Gasteiger partial charge >= 0.3 is 0 Å². The molecule has 0 bridgehead atoms. The number of benzene rings is 1. The van der Waals surface area contributed by atoms with Crippen LogP contribution >= 0.6 is 12.2 Å². The molecule has 4 nitrogen and oxygen atoms in total. The summed E-state index contributed by atoms with van der Waals surface area (Å²) in [4.78, 5) is 7.06. The molecule has 1 aromatic carbocycles. The van der Waals surface area contributed by atoms with Gasteiger partial charge in [0, 0.05) is 30.7 Å². The number of pyridine rings is 1. The molecule has 21 heavy (non-hydrogen) atoms. The summed E-state index contributed by atoms with van der Waals surface area (Å²) in [5.41, 5.74) is 8.73. The van der Waals surface area contributed by atoms with E-state index < -0.39 is 0 Å². The summed E-state index contributed by atoms with van der Waals surface area (Å²) in [6.45, 7) is 2.30. The normalized spacial score (nSPS) is 14.2. The summed E-state index contributed by atoms with van der Waals surface area (Å²) in [6, 6.07) is 12.1. The van der Waals surface area contributed by atoms with Crippen LogP contribution in [0.4, 0.5) is 17.2 Å². The van der Waals surface area contributed by atoms with Gasteiger partial charge in [0.25, 0.3) is 0 Å². The molecule has 0 aliphatic carbocycles. The molecule has 108 valence electrons. The SMILES string of the molecule is NC(=S)c1cccnc1Nc1ccc(N2CCCC2)cc1. The fraction of sp³-hybridized carbons (Fsp3) is 0.250. The van der Waals surface area contributed by atoms with Crippen LogP contribution in [-0.2, 0) is 0 Å². The number of thiocarbonyl (C=S) groups is 1. The Morgan fingerprint density at radius 1 is 1.14 bits per heavy atom. The van der Waals surface area contributed by atoms with E-state index in [2.05, 4.69) is 39.5 Å². The fourth-order valence-corrected chi connectivity index (χ4v) is 2.74. The minimum atomic E-state index is 0.347. The number of nitrogens with two attached hydrogens (primary N) is 1. The molecule has 0 unspecified atom stereocenters. The maximum absolute atomic E-state index is 5.72. The van der Waals surface area contributed by atoms with Crippen molar-refractivity contribution >= 4 is 34.4 Å². The average molecular weight is 298 g/mol. The Bertz CT molecular complexity index is 633.